The fraction of sp³-hybridized carbons (Fsp3) is 0.857. The van der Waals surface area contributed by atoms with Gasteiger partial charge in [0, 0.05) is 12.5 Å². The van der Waals surface area contributed by atoms with Crippen molar-refractivity contribution in [2.75, 3.05) is 6.61 Å². The zero-order valence-corrected chi connectivity index (χ0v) is 9.54. The first-order valence-electron chi connectivity index (χ1n) is 6.74. The van der Waals surface area contributed by atoms with E-state index in [9.17, 15) is 5.11 Å². The van der Waals surface area contributed by atoms with E-state index in [0.717, 1.165) is 11.8 Å². The third-order valence-corrected chi connectivity index (χ3v) is 4.98. The highest BCUT2D eigenvalue weighted by atomic mass is 16.3. The molecule has 1 heteroatoms. The van der Waals surface area contributed by atoms with Crippen LogP contribution in [0.3, 0.4) is 0 Å². The molecule has 3 atom stereocenters. The molecule has 1 fully saturated rings. The quantitative estimate of drug-likeness (QED) is 0.653. The van der Waals surface area contributed by atoms with Crippen LogP contribution in [0.5, 0.6) is 0 Å². The fourth-order valence-electron chi connectivity index (χ4n) is 4.38. The molecule has 1 N–H and O–H groups in total. The number of hydrogen-bond acceptors (Lipinski definition) is 1. The van der Waals surface area contributed by atoms with E-state index in [1.807, 2.05) is 0 Å². The van der Waals surface area contributed by atoms with E-state index in [2.05, 4.69) is 0 Å². The van der Waals surface area contributed by atoms with Crippen molar-refractivity contribution in [2.24, 2.45) is 17.8 Å². The van der Waals surface area contributed by atoms with Crippen LogP contribution in [-0.2, 0) is 0 Å². The van der Waals surface area contributed by atoms with Gasteiger partial charge in [0.2, 0.25) is 0 Å². The third-order valence-electron chi connectivity index (χ3n) is 4.98. The van der Waals surface area contributed by atoms with Gasteiger partial charge in [-0.3, -0.25) is 0 Å². The van der Waals surface area contributed by atoms with Crippen molar-refractivity contribution >= 4 is 0 Å². The van der Waals surface area contributed by atoms with Crippen molar-refractivity contribution in [2.45, 2.75) is 51.4 Å². The summed E-state index contributed by atoms with van der Waals surface area (Å²) in [5.41, 5.74) is 3.49. The summed E-state index contributed by atoms with van der Waals surface area (Å²) in [4.78, 5) is 0. The Labute approximate surface area is 92.6 Å². The van der Waals surface area contributed by atoms with E-state index in [-0.39, 0.29) is 0 Å². The summed E-state index contributed by atoms with van der Waals surface area (Å²) in [6.45, 7) is 0.417. The minimum Gasteiger partial charge on any atom is -0.396 e. The Balaban J connectivity index is 1.92. The SMILES string of the molecule is OCC1C2=C(CCCC2)C2CCCC[C@H]12. The van der Waals surface area contributed by atoms with Crippen LogP contribution >= 0.6 is 0 Å². The predicted molar refractivity (Wildman–Crippen MR) is 61.5 cm³/mol. The summed E-state index contributed by atoms with van der Waals surface area (Å²) in [5, 5.41) is 9.61. The van der Waals surface area contributed by atoms with Crippen molar-refractivity contribution in [1.29, 1.82) is 0 Å². The minimum atomic E-state index is 0.417. The lowest BCUT2D eigenvalue weighted by Crippen LogP contribution is -2.24. The van der Waals surface area contributed by atoms with Gasteiger partial charge >= 0.3 is 0 Å². The van der Waals surface area contributed by atoms with Gasteiger partial charge in [0.15, 0.2) is 0 Å². The van der Waals surface area contributed by atoms with E-state index in [4.69, 9.17) is 0 Å². The molecule has 0 heterocycles. The van der Waals surface area contributed by atoms with Crippen molar-refractivity contribution in [3.8, 4) is 0 Å². The molecule has 3 aliphatic rings. The first-order chi connectivity index (χ1) is 7.42. The molecule has 0 aromatic heterocycles. The van der Waals surface area contributed by atoms with Crippen LogP contribution in [0.4, 0.5) is 0 Å². The Hall–Kier alpha value is -0.300. The van der Waals surface area contributed by atoms with E-state index in [0.29, 0.717) is 12.5 Å². The van der Waals surface area contributed by atoms with Crippen molar-refractivity contribution in [3.05, 3.63) is 11.1 Å². The highest BCUT2D eigenvalue weighted by molar-refractivity contribution is 5.30. The van der Waals surface area contributed by atoms with Crippen LogP contribution in [0.15, 0.2) is 11.1 Å². The molecule has 1 saturated carbocycles. The summed E-state index contributed by atoms with van der Waals surface area (Å²) < 4.78 is 0. The highest BCUT2D eigenvalue weighted by Crippen LogP contribution is 2.53. The average molecular weight is 206 g/mol. The van der Waals surface area contributed by atoms with E-state index >= 15 is 0 Å². The molecule has 0 amide bonds. The monoisotopic (exact) mass is 206 g/mol. The van der Waals surface area contributed by atoms with Crippen LogP contribution < -0.4 is 0 Å². The summed E-state index contributed by atoms with van der Waals surface area (Å²) in [5.74, 6) is 2.27. The molecule has 0 bridgehead atoms. The maximum absolute atomic E-state index is 9.61. The van der Waals surface area contributed by atoms with Crippen LogP contribution in [0.1, 0.15) is 51.4 Å². The van der Waals surface area contributed by atoms with Crippen LogP contribution in [-0.4, -0.2) is 11.7 Å². The molecular weight excluding hydrogens is 184 g/mol. The predicted octanol–water partition coefficient (Wildman–Crippen LogP) is 3.29. The van der Waals surface area contributed by atoms with Gasteiger partial charge < -0.3 is 5.11 Å². The van der Waals surface area contributed by atoms with Crippen molar-refractivity contribution < 1.29 is 5.11 Å². The Morgan fingerprint density at radius 3 is 2.47 bits per heavy atom. The van der Waals surface area contributed by atoms with Gasteiger partial charge in [-0.15, -0.1) is 0 Å². The van der Waals surface area contributed by atoms with Crippen molar-refractivity contribution in [3.63, 3.8) is 0 Å². The second-order valence-electron chi connectivity index (χ2n) is 5.60. The molecule has 0 radical (unpaired) electrons. The molecule has 84 valence electrons. The molecule has 0 aromatic rings. The Morgan fingerprint density at radius 1 is 0.933 bits per heavy atom. The Bertz CT molecular complexity index is 261. The highest BCUT2D eigenvalue weighted by Gasteiger charge is 2.42. The standard InChI is InChI=1S/C14H22O/c15-9-14-12-7-3-1-5-10(12)11-6-2-4-8-13(11)14/h10,12,14-15H,1-9H2/t10?,12-,14?/m0/s1. The molecule has 0 saturated heterocycles. The number of aliphatic hydroxyl groups is 1. The smallest absolute Gasteiger partial charge is 0.0499 e. The summed E-state index contributed by atoms with van der Waals surface area (Å²) in [7, 11) is 0. The fourth-order valence-corrected chi connectivity index (χ4v) is 4.38. The summed E-state index contributed by atoms with van der Waals surface area (Å²) in [6, 6.07) is 0. The second kappa shape index (κ2) is 3.93. The largest absolute Gasteiger partial charge is 0.396 e. The van der Waals surface area contributed by atoms with Crippen LogP contribution in [0.2, 0.25) is 0 Å². The maximum Gasteiger partial charge on any atom is 0.0499 e. The third kappa shape index (κ3) is 1.47. The normalized spacial score (nSPS) is 40.2. The molecule has 0 spiro atoms. The molecule has 1 nitrogen and oxygen atoms in total. The number of hydrogen-bond donors (Lipinski definition) is 1. The Kier molecular flexibility index (Phi) is 2.59. The lowest BCUT2D eigenvalue weighted by molar-refractivity contribution is 0.158. The van der Waals surface area contributed by atoms with Crippen LogP contribution in [0, 0.1) is 17.8 Å². The lowest BCUT2D eigenvalue weighted by atomic mass is 9.75. The van der Waals surface area contributed by atoms with Crippen LogP contribution in [0.25, 0.3) is 0 Å². The van der Waals surface area contributed by atoms with E-state index in [1.54, 1.807) is 11.1 Å². The van der Waals surface area contributed by atoms with E-state index < -0.39 is 0 Å². The molecule has 15 heavy (non-hydrogen) atoms. The zero-order chi connectivity index (χ0) is 10.3. The molecule has 0 aliphatic heterocycles. The Morgan fingerprint density at radius 2 is 1.67 bits per heavy atom. The minimum absolute atomic E-state index is 0.417. The van der Waals surface area contributed by atoms with Gasteiger partial charge in [-0.2, -0.15) is 0 Å². The first kappa shape index (κ1) is 9.89. The molecule has 0 aromatic carbocycles. The van der Waals surface area contributed by atoms with Gasteiger partial charge in [-0.1, -0.05) is 24.0 Å². The molecule has 3 rings (SSSR count). The first-order valence-corrected chi connectivity index (χ1v) is 6.74. The zero-order valence-electron chi connectivity index (χ0n) is 9.54. The second-order valence-corrected chi connectivity index (χ2v) is 5.60. The maximum atomic E-state index is 9.61. The van der Waals surface area contributed by atoms with Gasteiger partial charge in [0.1, 0.15) is 0 Å². The van der Waals surface area contributed by atoms with Gasteiger partial charge in [0.25, 0.3) is 0 Å². The van der Waals surface area contributed by atoms with Gasteiger partial charge in [-0.25, -0.2) is 0 Å². The number of rotatable bonds is 1. The van der Waals surface area contributed by atoms with Gasteiger partial charge in [-0.05, 0) is 50.4 Å². The number of aliphatic hydroxyl groups excluding tert-OH is 1. The molecule has 2 unspecified atom stereocenters. The average Bonchev–Trinajstić information content (AvgIpc) is 2.63. The molecular formula is C14H22O. The van der Waals surface area contributed by atoms with Gasteiger partial charge in [0.05, 0.1) is 0 Å². The number of allylic oxidation sites excluding steroid dienone is 1. The van der Waals surface area contributed by atoms with E-state index in [1.165, 1.54) is 51.4 Å². The molecule has 3 aliphatic carbocycles. The summed E-state index contributed by atoms with van der Waals surface area (Å²) in [6.07, 6.45) is 11.0. The number of fused-ring (bicyclic) bond motifs is 2. The topological polar surface area (TPSA) is 20.2 Å². The summed E-state index contributed by atoms with van der Waals surface area (Å²) >= 11 is 0. The van der Waals surface area contributed by atoms with Crippen molar-refractivity contribution in [1.82, 2.24) is 0 Å². The lowest BCUT2D eigenvalue weighted by Gasteiger charge is -2.30.